The monoisotopic (exact) mass is 324 g/mol. The molecule has 19 heavy (non-hydrogen) atoms. The summed E-state index contributed by atoms with van der Waals surface area (Å²) in [4.78, 5) is 0. The summed E-state index contributed by atoms with van der Waals surface area (Å²) >= 11 is 3.38. The van der Waals surface area contributed by atoms with Crippen molar-refractivity contribution in [3.63, 3.8) is 0 Å². The molecule has 1 aromatic heterocycles. The predicted molar refractivity (Wildman–Crippen MR) is 72.2 cm³/mol. The van der Waals surface area contributed by atoms with E-state index in [2.05, 4.69) is 21.0 Å². The number of aliphatic hydroxyl groups excluding tert-OH is 1. The fourth-order valence-corrected chi connectivity index (χ4v) is 2.70. The smallest absolute Gasteiger partial charge is 0.164 e. The summed E-state index contributed by atoms with van der Waals surface area (Å²) in [7, 11) is 1.78. The van der Waals surface area contributed by atoms with E-state index in [1.807, 2.05) is 24.3 Å². The lowest BCUT2D eigenvalue weighted by molar-refractivity contribution is -0.0152. The first-order valence-corrected chi connectivity index (χ1v) is 6.70. The van der Waals surface area contributed by atoms with E-state index in [0.29, 0.717) is 23.8 Å². The number of nitrogens with zero attached hydrogens (tertiary/aromatic N) is 2. The molecule has 1 aliphatic rings. The third kappa shape index (κ3) is 2.21. The fraction of sp³-hybridized carbons (Fsp3) is 0.308. The van der Waals surface area contributed by atoms with Crippen LogP contribution < -0.4 is 9.47 Å². The molecule has 6 heteroatoms. The van der Waals surface area contributed by atoms with Crippen LogP contribution in [0, 0.1) is 0 Å². The molecule has 0 aliphatic carbocycles. The van der Waals surface area contributed by atoms with Gasteiger partial charge in [0.15, 0.2) is 17.6 Å². The van der Waals surface area contributed by atoms with Crippen LogP contribution in [-0.4, -0.2) is 27.6 Å². The number of aromatic nitrogens is 2. The molecule has 0 amide bonds. The Bertz CT molecular complexity index is 580. The maximum Gasteiger partial charge on any atom is 0.164 e. The van der Waals surface area contributed by atoms with Crippen LogP contribution in [0.3, 0.4) is 0 Å². The van der Waals surface area contributed by atoms with Crippen molar-refractivity contribution in [1.82, 2.24) is 9.78 Å². The van der Waals surface area contributed by atoms with Crippen molar-refractivity contribution in [2.45, 2.75) is 12.2 Å². The lowest BCUT2D eigenvalue weighted by Crippen LogP contribution is -2.35. The summed E-state index contributed by atoms with van der Waals surface area (Å²) < 4.78 is 13.8. The first-order valence-electron chi connectivity index (χ1n) is 5.91. The van der Waals surface area contributed by atoms with Crippen LogP contribution in [0.25, 0.3) is 0 Å². The molecule has 0 saturated carbocycles. The van der Waals surface area contributed by atoms with E-state index in [4.69, 9.17) is 9.47 Å². The number of para-hydroxylation sites is 2. The van der Waals surface area contributed by atoms with E-state index < -0.39 is 12.2 Å². The lowest BCUT2D eigenvalue weighted by atomic mass is 10.1. The molecule has 0 radical (unpaired) electrons. The molecular weight excluding hydrogens is 312 g/mol. The highest BCUT2D eigenvalue weighted by Gasteiger charge is 2.31. The van der Waals surface area contributed by atoms with Gasteiger partial charge in [0.1, 0.15) is 12.7 Å². The number of benzene rings is 1. The second kappa shape index (κ2) is 4.86. The molecule has 0 fully saturated rings. The summed E-state index contributed by atoms with van der Waals surface area (Å²) in [5.74, 6) is 1.35. The van der Waals surface area contributed by atoms with Crippen molar-refractivity contribution in [2.75, 3.05) is 6.61 Å². The van der Waals surface area contributed by atoms with E-state index in [-0.39, 0.29) is 0 Å². The summed E-state index contributed by atoms with van der Waals surface area (Å²) in [6, 6.07) is 7.43. The van der Waals surface area contributed by atoms with Gasteiger partial charge in [0, 0.05) is 7.05 Å². The standard InChI is InChI=1S/C13H13BrN2O3/c1-16-12(8(14)6-15-16)13(17)11-7-18-9-4-2-3-5-10(9)19-11/h2-6,11,13,17H,7H2,1H3. The number of hydrogen-bond donors (Lipinski definition) is 1. The third-order valence-corrected chi connectivity index (χ3v) is 3.71. The molecule has 100 valence electrons. The third-order valence-electron chi connectivity index (χ3n) is 3.10. The molecule has 0 bridgehead atoms. The Labute approximate surface area is 118 Å². The molecule has 0 saturated heterocycles. The van der Waals surface area contributed by atoms with Crippen molar-refractivity contribution >= 4 is 15.9 Å². The van der Waals surface area contributed by atoms with Gasteiger partial charge in [-0.25, -0.2) is 0 Å². The number of hydrogen-bond acceptors (Lipinski definition) is 4. The van der Waals surface area contributed by atoms with E-state index in [1.54, 1.807) is 17.9 Å². The predicted octanol–water partition coefficient (Wildman–Crippen LogP) is 2.06. The first kappa shape index (κ1) is 12.5. The Morgan fingerprint density at radius 1 is 1.42 bits per heavy atom. The maximum absolute atomic E-state index is 10.4. The van der Waals surface area contributed by atoms with Crippen molar-refractivity contribution in [2.24, 2.45) is 7.05 Å². The van der Waals surface area contributed by atoms with Gasteiger partial charge in [0.25, 0.3) is 0 Å². The van der Waals surface area contributed by atoms with Crippen molar-refractivity contribution in [1.29, 1.82) is 0 Å². The van der Waals surface area contributed by atoms with Gasteiger partial charge in [0.2, 0.25) is 0 Å². The Balaban J connectivity index is 1.85. The lowest BCUT2D eigenvalue weighted by Gasteiger charge is -2.29. The van der Waals surface area contributed by atoms with Crippen LogP contribution in [0.15, 0.2) is 34.9 Å². The van der Waals surface area contributed by atoms with E-state index >= 15 is 0 Å². The summed E-state index contributed by atoms with van der Waals surface area (Å²) in [6.07, 6.45) is 0.382. The van der Waals surface area contributed by atoms with Gasteiger partial charge in [-0.2, -0.15) is 5.10 Å². The van der Waals surface area contributed by atoms with Crippen molar-refractivity contribution < 1.29 is 14.6 Å². The number of aryl methyl sites for hydroxylation is 1. The van der Waals surface area contributed by atoms with Crippen LogP contribution in [0.4, 0.5) is 0 Å². The van der Waals surface area contributed by atoms with Gasteiger partial charge in [-0.1, -0.05) is 12.1 Å². The van der Waals surface area contributed by atoms with Gasteiger partial charge >= 0.3 is 0 Å². The Kier molecular flexibility index (Phi) is 3.20. The topological polar surface area (TPSA) is 56.5 Å². The average Bonchev–Trinajstić information content (AvgIpc) is 2.77. The Morgan fingerprint density at radius 2 is 2.16 bits per heavy atom. The minimum Gasteiger partial charge on any atom is -0.486 e. The van der Waals surface area contributed by atoms with E-state index in [0.717, 1.165) is 4.47 Å². The molecule has 5 nitrogen and oxygen atoms in total. The Hall–Kier alpha value is -1.53. The first-order chi connectivity index (χ1) is 9.16. The average molecular weight is 325 g/mol. The van der Waals surface area contributed by atoms with Gasteiger partial charge in [-0.05, 0) is 28.1 Å². The van der Waals surface area contributed by atoms with Crippen LogP contribution in [0.1, 0.15) is 11.8 Å². The Morgan fingerprint density at radius 3 is 2.84 bits per heavy atom. The molecule has 1 N–H and O–H groups in total. The molecule has 2 aromatic rings. The minimum absolute atomic E-state index is 0.301. The molecule has 1 aliphatic heterocycles. The SMILES string of the molecule is Cn1ncc(Br)c1C(O)C1COc2ccccc2O1. The highest BCUT2D eigenvalue weighted by molar-refractivity contribution is 9.10. The highest BCUT2D eigenvalue weighted by Crippen LogP contribution is 2.35. The van der Waals surface area contributed by atoms with Crippen molar-refractivity contribution in [3.8, 4) is 11.5 Å². The summed E-state index contributed by atoms with van der Waals surface area (Å²) in [5.41, 5.74) is 0.674. The number of halogens is 1. The summed E-state index contributed by atoms with van der Waals surface area (Å²) in [5, 5.41) is 14.5. The van der Waals surface area contributed by atoms with E-state index in [1.165, 1.54) is 0 Å². The minimum atomic E-state index is -0.810. The molecule has 2 unspecified atom stereocenters. The molecular formula is C13H13BrN2O3. The van der Waals surface area contributed by atoms with E-state index in [9.17, 15) is 5.11 Å². The number of aliphatic hydroxyl groups is 1. The number of ether oxygens (including phenoxy) is 2. The molecule has 0 spiro atoms. The van der Waals surface area contributed by atoms with Crippen molar-refractivity contribution in [3.05, 3.63) is 40.6 Å². The highest BCUT2D eigenvalue weighted by atomic mass is 79.9. The zero-order valence-electron chi connectivity index (χ0n) is 10.3. The second-order valence-corrected chi connectivity index (χ2v) is 5.21. The van der Waals surface area contributed by atoms with Gasteiger partial charge in [-0.15, -0.1) is 0 Å². The maximum atomic E-state index is 10.4. The van der Waals surface area contributed by atoms with Gasteiger partial charge in [0.05, 0.1) is 16.4 Å². The van der Waals surface area contributed by atoms with Crippen LogP contribution in [-0.2, 0) is 7.05 Å². The van der Waals surface area contributed by atoms with Crippen LogP contribution >= 0.6 is 15.9 Å². The normalized spacial score (nSPS) is 19.2. The van der Waals surface area contributed by atoms with Crippen LogP contribution in [0.5, 0.6) is 11.5 Å². The number of fused-ring (bicyclic) bond motifs is 1. The largest absolute Gasteiger partial charge is 0.486 e. The zero-order valence-corrected chi connectivity index (χ0v) is 11.9. The zero-order chi connectivity index (χ0) is 13.4. The quantitative estimate of drug-likeness (QED) is 0.918. The molecule has 1 aromatic carbocycles. The molecule has 2 heterocycles. The summed E-state index contributed by atoms with van der Waals surface area (Å²) in [6.45, 7) is 0.301. The molecule has 3 rings (SSSR count). The second-order valence-electron chi connectivity index (χ2n) is 4.36. The molecule has 2 atom stereocenters. The van der Waals surface area contributed by atoms with Gasteiger partial charge in [-0.3, -0.25) is 4.68 Å². The van der Waals surface area contributed by atoms with Gasteiger partial charge < -0.3 is 14.6 Å². The fourth-order valence-electron chi connectivity index (χ4n) is 2.12. The van der Waals surface area contributed by atoms with Crippen LogP contribution in [0.2, 0.25) is 0 Å². The number of rotatable bonds is 2.